The molecule has 28 heavy (non-hydrogen) atoms. The van der Waals surface area contributed by atoms with Gasteiger partial charge in [0, 0.05) is 23.2 Å². The third-order valence-electron chi connectivity index (χ3n) is 5.91. The summed E-state index contributed by atoms with van der Waals surface area (Å²) in [6, 6.07) is 6.79. The molecule has 2 aliphatic rings. The number of pyridine rings is 2. The Morgan fingerprint density at radius 2 is 2.11 bits per heavy atom. The van der Waals surface area contributed by atoms with Crippen molar-refractivity contribution in [1.29, 1.82) is 0 Å². The van der Waals surface area contributed by atoms with E-state index >= 15 is 0 Å². The number of thiophene rings is 1. The van der Waals surface area contributed by atoms with E-state index in [1.807, 2.05) is 35.1 Å². The molecule has 0 bridgehead atoms. The van der Waals surface area contributed by atoms with E-state index in [0.717, 1.165) is 29.8 Å². The second-order valence-electron chi connectivity index (χ2n) is 7.86. The molecule has 0 spiro atoms. The molecule has 1 saturated carbocycles. The Balaban J connectivity index is 1.68. The van der Waals surface area contributed by atoms with Crippen molar-refractivity contribution < 1.29 is 4.79 Å². The van der Waals surface area contributed by atoms with Gasteiger partial charge in [-0.05, 0) is 69.8 Å². The van der Waals surface area contributed by atoms with Crippen molar-refractivity contribution in [2.24, 2.45) is 0 Å². The maximum atomic E-state index is 12.8. The highest BCUT2D eigenvalue weighted by atomic mass is 32.1. The molecule has 1 unspecified atom stereocenters. The van der Waals surface area contributed by atoms with Crippen LogP contribution in [0, 0.1) is 0 Å². The molecule has 1 N–H and O–H groups in total. The van der Waals surface area contributed by atoms with Gasteiger partial charge in [0.1, 0.15) is 5.65 Å². The van der Waals surface area contributed by atoms with Gasteiger partial charge in [0.25, 0.3) is 0 Å². The van der Waals surface area contributed by atoms with Gasteiger partial charge in [0.05, 0.1) is 21.5 Å². The van der Waals surface area contributed by atoms with Crippen molar-refractivity contribution in [1.82, 2.24) is 14.9 Å². The van der Waals surface area contributed by atoms with Crippen LogP contribution in [-0.4, -0.2) is 22.4 Å². The Morgan fingerprint density at radius 1 is 1.29 bits per heavy atom. The summed E-state index contributed by atoms with van der Waals surface area (Å²) in [6.45, 7) is 1.45. The van der Waals surface area contributed by atoms with Gasteiger partial charge in [0.15, 0.2) is 5.78 Å². The van der Waals surface area contributed by atoms with E-state index < -0.39 is 0 Å². The van der Waals surface area contributed by atoms with Gasteiger partial charge in [-0.1, -0.05) is 0 Å². The topological polar surface area (TPSA) is 64.0 Å². The van der Waals surface area contributed by atoms with E-state index in [-0.39, 0.29) is 16.8 Å². The summed E-state index contributed by atoms with van der Waals surface area (Å²) in [5.74, 6) is -0.186. The summed E-state index contributed by atoms with van der Waals surface area (Å²) in [7, 11) is 2.02. The largest absolute Gasteiger partial charge is 0.328 e. The average molecular weight is 394 g/mol. The highest BCUT2D eigenvalue weighted by Crippen LogP contribution is 2.40. The number of fused-ring (bicyclic) bond motifs is 2. The monoisotopic (exact) mass is 393 g/mol. The Morgan fingerprint density at radius 3 is 2.82 bits per heavy atom. The van der Waals surface area contributed by atoms with Gasteiger partial charge < -0.3 is 9.88 Å². The van der Waals surface area contributed by atoms with E-state index in [2.05, 4.69) is 11.4 Å². The molecule has 3 aromatic heterocycles. The fourth-order valence-corrected chi connectivity index (χ4v) is 5.46. The van der Waals surface area contributed by atoms with E-state index in [4.69, 9.17) is 4.98 Å². The molecule has 1 atom stereocenters. The summed E-state index contributed by atoms with van der Waals surface area (Å²) in [5, 5.41) is 3.96. The standard InChI is InChI=1S/C22H23N3O2S/c1-12(26)16-11-25(13-6-7-13)22-14(21(16)27)8-9-18(24-22)20-10-15-17(23-2)4-3-5-19(15)28-20/h8-11,13,17,23H,3-7H2,1-2H3. The molecule has 0 saturated heterocycles. The Labute approximate surface area is 167 Å². The van der Waals surface area contributed by atoms with Crippen LogP contribution in [0.15, 0.2) is 29.2 Å². The number of carbonyl (C=O) groups is 1. The first-order chi connectivity index (χ1) is 13.6. The minimum Gasteiger partial charge on any atom is -0.328 e. The Hall–Kier alpha value is -2.31. The van der Waals surface area contributed by atoms with Crippen LogP contribution >= 0.6 is 11.3 Å². The number of carbonyl (C=O) groups excluding carboxylic acids is 1. The number of Topliss-reactive ketones (excluding diaryl/α,β-unsaturated/α-hetero) is 1. The number of nitrogens with one attached hydrogen (secondary N) is 1. The molecule has 3 heterocycles. The zero-order chi connectivity index (χ0) is 19.4. The fraction of sp³-hybridized carbons (Fsp3) is 0.409. The lowest BCUT2D eigenvalue weighted by Crippen LogP contribution is -2.19. The summed E-state index contributed by atoms with van der Waals surface area (Å²) < 4.78 is 2.04. The number of aromatic nitrogens is 2. The maximum absolute atomic E-state index is 12.8. The molecule has 0 aromatic carbocycles. The Bertz CT molecular complexity index is 1160. The lowest BCUT2D eigenvalue weighted by atomic mass is 9.94. The van der Waals surface area contributed by atoms with Crippen LogP contribution in [0.1, 0.15) is 65.5 Å². The highest BCUT2D eigenvalue weighted by Gasteiger charge is 2.27. The molecule has 0 amide bonds. The normalized spacial score (nSPS) is 19.0. The summed E-state index contributed by atoms with van der Waals surface area (Å²) in [6.07, 6.45) is 7.35. The number of ketones is 1. The van der Waals surface area contributed by atoms with Gasteiger partial charge in [-0.2, -0.15) is 0 Å². The predicted molar refractivity (Wildman–Crippen MR) is 112 cm³/mol. The third-order valence-corrected chi connectivity index (χ3v) is 7.14. The summed E-state index contributed by atoms with van der Waals surface area (Å²) in [5.41, 5.74) is 3.05. The van der Waals surface area contributed by atoms with Crippen molar-refractivity contribution >= 4 is 28.2 Å². The molecule has 6 heteroatoms. The quantitative estimate of drug-likeness (QED) is 0.673. The van der Waals surface area contributed by atoms with Crippen molar-refractivity contribution in [3.63, 3.8) is 0 Å². The van der Waals surface area contributed by atoms with Crippen LogP contribution in [0.5, 0.6) is 0 Å². The van der Waals surface area contributed by atoms with Crippen LogP contribution in [0.4, 0.5) is 0 Å². The smallest absolute Gasteiger partial charge is 0.201 e. The van der Waals surface area contributed by atoms with Gasteiger partial charge in [0.2, 0.25) is 5.43 Å². The van der Waals surface area contributed by atoms with Crippen LogP contribution < -0.4 is 10.7 Å². The molecule has 0 aliphatic heterocycles. The van der Waals surface area contributed by atoms with Crippen molar-refractivity contribution in [3.8, 4) is 10.6 Å². The molecule has 144 valence electrons. The van der Waals surface area contributed by atoms with Crippen molar-refractivity contribution in [2.45, 2.75) is 51.1 Å². The second-order valence-corrected chi connectivity index (χ2v) is 8.99. The first-order valence-corrected chi connectivity index (χ1v) is 10.8. The first-order valence-electron chi connectivity index (χ1n) is 9.94. The van der Waals surface area contributed by atoms with Crippen LogP contribution in [0.2, 0.25) is 0 Å². The van der Waals surface area contributed by atoms with Crippen molar-refractivity contribution in [2.75, 3.05) is 7.05 Å². The van der Waals surface area contributed by atoms with Gasteiger partial charge >= 0.3 is 0 Å². The van der Waals surface area contributed by atoms with Crippen LogP contribution in [0.3, 0.4) is 0 Å². The molecular formula is C22H23N3O2S. The maximum Gasteiger partial charge on any atom is 0.201 e. The zero-order valence-corrected chi connectivity index (χ0v) is 16.9. The van der Waals surface area contributed by atoms with Gasteiger partial charge in [-0.3, -0.25) is 9.59 Å². The fourth-order valence-electron chi connectivity index (χ4n) is 4.23. The average Bonchev–Trinajstić information content (AvgIpc) is 3.44. The van der Waals surface area contributed by atoms with E-state index in [1.165, 1.54) is 30.2 Å². The van der Waals surface area contributed by atoms with E-state index in [0.29, 0.717) is 23.1 Å². The zero-order valence-electron chi connectivity index (χ0n) is 16.1. The van der Waals surface area contributed by atoms with E-state index in [9.17, 15) is 9.59 Å². The van der Waals surface area contributed by atoms with Crippen LogP contribution in [-0.2, 0) is 6.42 Å². The molecule has 5 nitrogen and oxygen atoms in total. The molecular weight excluding hydrogens is 370 g/mol. The lowest BCUT2D eigenvalue weighted by Gasteiger charge is -2.21. The number of rotatable bonds is 4. The molecule has 2 aliphatic carbocycles. The highest BCUT2D eigenvalue weighted by molar-refractivity contribution is 7.15. The number of hydrogen-bond acceptors (Lipinski definition) is 5. The van der Waals surface area contributed by atoms with Gasteiger partial charge in [-0.15, -0.1) is 11.3 Å². The number of hydrogen-bond donors (Lipinski definition) is 1. The number of aryl methyl sites for hydroxylation is 1. The summed E-state index contributed by atoms with van der Waals surface area (Å²) in [4.78, 5) is 32.2. The van der Waals surface area contributed by atoms with Crippen molar-refractivity contribution in [3.05, 3.63) is 50.6 Å². The second kappa shape index (κ2) is 6.64. The SMILES string of the molecule is CNC1CCCc2sc(-c3ccc4c(=O)c(C(C)=O)cn(C5CC5)c4n3)cc21. The molecule has 5 rings (SSSR count). The number of nitrogens with zero attached hydrogens (tertiary/aromatic N) is 2. The third kappa shape index (κ3) is 2.83. The van der Waals surface area contributed by atoms with Gasteiger partial charge in [-0.25, -0.2) is 4.98 Å². The molecule has 0 radical (unpaired) electrons. The van der Waals surface area contributed by atoms with Crippen LogP contribution in [0.25, 0.3) is 21.6 Å². The minimum atomic E-state index is -0.209. The first kappa shape index (κ1) is 17.8. The predicted octanol–water partition coefficient (Wildman–Crippen LogP) is 4.26. The summed E-state index contributed by atoms with van der Waals surface area (Å²) >= 11 is 1.81. The van der Waals surface area contributed by atoms with E-state index in [1.54, 1.807) is 6.20 Å². The molecule has 1 fully saturated rings. The Kier molecular flexibility index (Phi) is 4.21. The minimum absolute atomic E-state index is 0.186. The lowest BCUT2D eigenvalue weighted by molar-refractivity contribution is 0.101. The molecule has 3 aromatic rings.